The second-order valence-electron chi connectivity index (χ2n) is 2.96. The molecule has 12 heavy (non-hydrogen) atoms. The summed E-state index contributed by atoms with van der Waals surface area (Å²) in [6.07, 6.45) is -2.73. The highest BCUT2D eigenvalue weighted by Gasteiger charge is 2.40. The molecule has 0 N–H and O–H groups in total. The first kappa shape index (κ1) is 9.96. The van der Waals surface area contributed by atoms with E-state index in [0.29, 0.717) is 12.0 Å². The predicted molar refractivity (Wildman–Crippen MR) is 45.0 cm³/mol. The molecule has 0 spiro atoms. The van der Waals surface area contributed by atoms with Gasteiger partial charge >= 0.3 is 6.18 Å². The molecule has 0 aliphatic carbocycles. The van der Waals surface area contributed by atoms with E-state index in [1.165, 1.54) is 0 Å². The van der Waals surface area contributed by atoms with Crippen LogP contribution < -0.4 is 0 Å². The van der Waals surface area contributed by atoms with Gasteiger partial charge in [0, 0.05) is 5.25 Å². The molecule has 1 aliphatic rings. The summed E-state index contributed by atoms with van der Waals surface area (Å²) >= 11 is 0.980. The number of hydrogen-bond donors (Lipinski definition) is 0. The van der Waals surface area contributed by atoms with Crippen molar-refractivity contribution in [1.29, 1.82) is 0 Å². The van der Waals surface area contributed by atoms with Gasteiger partial charge in [-0.15, -0.1) is 11.8 Å². The van der Waals surface area contributed by atoms with Crippen molar-refractivity contribution >= 4 is 11.8 Å². The van der Waals surface area contributed by atoms with E-state index in [0.717, 1.165) is 18.2 Å². The fourth-order valence-corrected chi connectivity index (χ4v) is 2.53. The molecular formula is C8H11F3S. The highest BCUT2D eigenvalue weighted by atomic mass is 32.2. The lowest BCUT2D eigenvalue weighted by Crippen LogP contribution is -2.09. The highest BCUT2D eigenvalue weighted by molar-refractivity contribution is 8.04. The molecule has 0 radical (unpaired) electrons. The molecule has 1 atom stereocenters. The number of alkyl halides is 3. The van der Waals surface area contributed by atoms with Crippen molar-refractivity contribution in [2.75, 3.05) is 0 Å². The first-order valence-electron chi connectivity index (χ1n) is 3.88. The number of thioether (sulfide) groups is 1. The molecule has 0 bridgehead atoms. The van der Waals surface area contributed by atoms with Gasteiger partial charge in [0.15, 0.2) is 0 Å². The van der Waals surface area contributed by atoms with Crippen molar-refractivity contribution in [1.82, 2.24) is 0 Å². The lowest BCUT2D eigenvalue weighted by molar-refractivity contribution is -0.0841. The molecule has 1 heterocycles. The summed E-state index contributed by atoms with van der Waals surface area (Å²) in [6, 6.07) is 0. The second kappa shape index (κ2) is 3.32. The Morgan fingerprint density at radius 2 is 2.08 bits per heavy atom. The molecule has 4 heteroatoms. The van der Waals surface area contributed by atoms with Crippen LogP contribution in [0.15, 0.2) is 10.5 Å². The largest absolute Gasteiger partial charge is 0.422 e. The van der Waals surface area contributed by atoms with Crippen LogP contribution in [0.3, 0.4) is 0 Å². The van der Waals surface area contributed by atoms with Gasteiger partial charge in [-0.05, 0) is 19.8 Å². The fraction of sp³-hybridized carbons (Fsp3) is 0.750. The third-order valence-electron chi connectivity index (χ3n) is 1.92. The van der Waals surface area contributed by atoms with Crippen LogP contribution in [-0.2, 0) is 0 Å². The number of rotatable bonds is 1. The highest BCUT2D eigenvalue weighted by Crippen LogP contribution is 2.47. The summed E-state index contributed by atoms with van der Waals surface area (Å²) in [5, 5.41) is 0.140. The van der Waals surface area contributed by atoms with Crippen molar-refractivity contribution in [3.05, 3.63) is 10.5 Å². The van der Waals surface area contributed by atoms with E-state index in [1.54, 1.807) is 6.92 Å². The summed E-state index contributed by atoms with van der Waals surface area (Å²) in [5.74, 6) is 0. The average molecular weight is 196 g/mol. The fourth-order valence-electron chi connectivity index (χ4n) is 1.28. The molecule has 0 nitrogen and oxygen atoms in total. The summed E-state index contributed by atoms with van der Waals surface area (Å²) < 4.78 is 36.7. The van der Waals surface area contributed by atoms with Crippen LogP contribution in [0.5, 0.6) is 0 Å². The smallest absolute Gasteiger partial charge is 0.166 e. The summed E-state index contributed by atoms with van der Waals surface area (Å²) in [6.45, 7) is 3.50. The second-order valence-corrected chi connectivity index (χ2v) is 4.27. The van der Waals surface area contributed by atoms with Gasteiger partial charge in [-0.2, -0.15) is 13.2 Å². The molecule has 1 aliphatic heterocycles. The minimum atomic E-state index is -4.13. The number of allylic oxidation sites excluding steroid dienone is 2. The Balaban J connectivity index is 2.73. The van der Waals surface area contributed by atoms with E-state index in [2.05, 4.69) is 0 Å². The molecule has 0 saturated carbocycles. The normalized spacial score (nSPS) is 25.2. The van der Waals surface area contributed by atoms with Crippen molar-refractivity contribution in [2.24, 2.45) is 0 Å². The van der Waals surface area contributed by atoms with Gasteiger partial charge in [0.25, 0.3) is 0 Å². The Morgan fingerprint density at radius 1 is 1.50 bits per heavy atom. The van der Waals surface area contributed by atoms with Gasteiger partial charge < -0.3 is 0 Å². The Hall–Kier alpha value is -0.120. The lowest BCUT2D eigenvalue weighted by atomic mass is 10.1. The molecule has 0 fully saturated rings. The maximum absolute atomic E-state index is 12.2. The molecule has 1 rings (SSSR count). The van der Waals surface area contributed by atoms with Crippen LogP contribution in [0.1, 0.15) is 26.7 Å². The van der Waals surface area contributed by atoms with Crippen LogP contribution >= 0.6 is 11.8 Å². The molecule has 0 amide bonds. The van der Waals surface area contributed by atoms with Gasteiger partial charge in [0.1, 0.15) is 0 Å². The lowest BCUT2D eigenvalue weighted by Gasteiger charge is -2.09. The molecule has 0 aromatic carbocycles. The van der Waals surface area contributed by atoms with E-state index < -0.39 is 6.18 Å². The summed E-state index contributed by atoms with van der Waals surface area (Å²) in [7, 11) is 0. The van der Waals surface area contributed by atoms with E-state index in [4.69, 9.17) is 0 Å². The third-order valence-corrected chi connectivity index (χ3v) is 3.57. The maximum atomic E-state index is 12.2. The number of hydrogen-bond acceptors (Lipinski definition) is 1. The minimum Gasteiger partial charge on any atom is -0.166 e. The predicted octanol–water partition coefficient (Wildman–Crippen LogP) is 3.74. The van der Waals surface area contributed by atoms with Gasteiger partial charge in [0.05, 0.1) is 4.91 Å². The standard InChI is InChI=1S/C8H11F3S/c1-3-6-4-5(2)7(12-6)8(9,10)11/h6H,3-4H2,1-2H3. The van der Waals surface area contributed by atoms with Crippen LogP contribution in [0.2, 0.25) is 0 Å². The third kappa shape index (κ3) is 1.97. The van der Waals surface area contributed by atoms with Crippen LogP contribution in [0.25, 0.3) is 0 Å². The van der Waals surface area contributed by atoms with E-state index in [9.17, 15) is 13.2 Å². The Bertz CT molecular complexity index is 205. The molecule has 0 saturated heterocycles. The van der Waals surface area contributed by atoms with Crippen LogP contribution in [0.4, 0.5) is 13.2 Å². The minimum absolute atomic E-state index is 0.140. The Morgan fingerprint density at radius 3 is 2.33 bits per heavy atom. The molecule has 70 valence electrons. The zero-order valence-electron chi connectivity index (χ0n) is 7.03. The van der Waals surface area contributed by atoms with Crippen molar-refractivity contribution in [2.45, 2.75) is 38.1 Å². The van der Waals surface area contributed by atoms with Gasteiger partial charge in [-0.1, -0.05) is 12.5 Å². The van der Waals surface area contributed by atoms with E-state index in [-0.39, 0.29) is 10.2 Å². The zero-order chi connectivity index (χ0) is 9.35. The average Bonchev–Trinajstić information content (AvgIpc) is 2.29. The van der Waals surface area contributed by atoms with Gasteiger partial charge in [-0.3, -0.25) is 0 Å². The Kier molecular flexibility index (Phi) is 2.76. The molecule has 0 aromatic heterocycles. The Labute approximate surface area is 74.2 Å². The van der Waals surface area contributed by atoms with Crippen molar-refractivity contribution in [3.8, 4) is 0 Å². The SMILES string of the molecule is CCC1CC(C)=C(C(F)(F)F)S1. The quantitative estimate of drug-likeness (QED) is 0.615. The zero-order valence-corrected chi connectivity index (χ0v) is 7.85. The summed E-state index contributed by atoms with van der Waals surface area (Å²) in [4.78, 5) is -0.366. The molecule has 1 unspecified atom stereocenters. The van der Waals surface area contributed by atoms with Gasteiger partial charge in [-0.25, -0.2) is 0 Å². The number of halogens is 3. The first-order valence-corrected chi connectivity index (χ1v) is 4.76. The first-order chi connectivity index (χ1) is 5.45. The molecule has 0 aromatic rings. The topological polar surface area (TPSA) is 0 Å². The van der Waals surface area contributed by atoms with E-state index >= 15 is 0 Å². The van der Waals surface area contributed by atoms with Crippen LogP contribution in [-0.4, -0.2) is 11.4 Å². The monoisotopic (exact) mass is 196 g/mol. The maximum Gasteiger partial charge on any atom is 0.422 e. The molecular weight excluding hydrogens is 185 g/mol. The summed E-state index contributed by atoms with van der Waals surface area (Å²) in [5.41, 5.74) is 0.499. The van der Waals surface area contributed by atoms with Gasteiger partial charge in [0.2, 0.25) is 0 Å². The van der Waals surface area contributed by atoms with Crippen molar-refractivity contribution < 1.29 is 13.2 Å². The van der Waals surface area contributed by atoms with Crippen LogP contribution in [0, 0.1) is 0 Å². The van der Waals surface area contributed by atoms with Crippen molar-refractivity contribution in [3.63, 3.8) is 0 Å². The van der Waals surface area contributed by atoms with E-state index in [1.807, 2.05) is 6.92 Å².